The van der Waals surface area contributed by atoms with Crippen LogP contribution in [-0.2, 0) is 10.3 Å². The van der Waals surface area contributed by atoms with Crippen molar-refractivity contribution in [3.05, 3.63) is 16.1 Å². The molecule has 0 saturated heterocycles. The minimum absolute atomic E-state index is 0.0554. The molecule has 0 aromatic carbocycles. The molecule has 1 saturated carbocycles. The standard InChI is InChI=1S/C16H28N2OS/c1-12(2)13-10-20-14(18-13)16(17-8-9-19-5)7-6-15(3,4)11-16/h10,12,17H,6-9,11H2,1-5H3. The first-order chi connectivity index (χ1) is 9.38. The normalized spacial score (nSPS) is 25.5. The SMILES string of the molecule is COCCNC1(c2nc(C(C)C)cs2)CCC(C)(C)C1. The van der Waals surface area contributed by atoms with E-state index in [0.717, 1.165) is 19.6 Å². The Bertz CT molecular complexity index is 441. The third-order valence-corrected chi connectivity index (χ3v) is 5.37. The summed E-state index contributed by atoms with van der Waals surface area (Å²) in [6.45, 7) is 10.8. The molecule has 20 heavy (non-hydrogen) atoms. The number of aromatic nitrogens is 1. The van der Waals surface area contributed by atoms with Gasteiger partial charge in [0.25, 0.3) is 0 Å². The first-order valence-corrected chi connectivity index (χ1v) is 8.46. The molecule has 1 N–H and O–H groups in total. The monoisotopic (exact) mass is 296 g/mol. The Kier molecular flexibility index (Phi) is 4.88. The Hall–Kier alpha value is -0.450. The van der Waals surface area contributed by atoms with E-state index in [-0.39, 0.29) is 5.54 Å². The van der Waals surface area contributed by atoms with Gasteiger partial charge in [-0.15, -0.1) is 11.3 Å². The lowest BCUT2D eigenvalue weighted by atomic mass is 9.88. The van der Waals surface area contributed by atoms with Gasteiger partial charge in [-0.1, -0.05) is 27.7 Å². The van der Waals surface area contributed by atoms with Gasteiger partial charge < -0.3 is 10.1 Å². The smallest absolute Gasteiger partial charge is 0.113 e. The van der Waals surface area contributed by atoms with Gasteiger partial charge in [-0.05, 0) is 30.6 Å². The maximum Gasteiger partial charge on any atom is 0.113 e. The molecule has 3 nitrogen and oxygen atoms in total. The van der Waals surface area contributed by atoms with Crippen LogP contribution in [0.5, 0.6) is 0 Å². The number of rotatable bonds is 6. The quantitative estimate of drug-likeness (QED) is 0.808. The number of thiazole rings is 1. The van der Waals surface area contributed by atoms with Gasteiger partial charge >= 0.3 is 0 Å². The molecule has 0 amide bonds. The summed E-state index contributed by atoms with van der Waals surface area (Å²) >= 11 is 1.82. The first-order valence-electron chi connectivity index (χ1n) is 7.58. The molecule has 0 aliphatic heterocycles. The van der Waals surface area contributed by atoms with Gasteiger partial charge in [0.15, 0.2) is 0 Å². The highest BCUT2D eigenvalue weighted by Gasteiger charge is 2.45. The molecule has 0 bridgehead atoms. The van der Waals surface area contributed by atoms with Crippen LogP contribution in [-0.4, -0.2) is 25.2 Å². The Balaban J connectivity index is 2.21. The van der Waals surface area contributed by atoms with Crippen molar-refractivity contribution in [2.75, 3.05) is 20.3 Å². The van der Waals surface area contributed by atoms with Crippen molar-refractivity contribution >= 4 is 11.3 Å². The Labute approximate surface area is 127 Å². The van der Waals surface area contributed by atoms with Gasteiger partial charge in [-0.2, -0.15) is 0 Å². The fourth-order valence-electron chi connectivity index (χ4n) is 3.12. The predicted molar refractivity (Wildman–Crippen MR) is 85.4 cm³/mol. The molecular formula is C16H28N2OS. The first kappa shape index (κ1) is 15.9. The topological polar surface area (TPSA) is 34.1 Å². The summed E-state index contributed by atoms with van der Waals surface area (Å²) in [7, 11) is 1.76. The minimum atomic E-state index is 0.0554. The number of nitrogens with zero attached hydrogens (tertiary/aromatic N) is 1. The van der Waals surface area contributed by atoms with Gasteiger partial charge in [-0.3, -0.25) is 0 Å². The minimum Gasteiger partial charge on any atom is -0.383 e. The Morgan fingerprint density at radius 1 is 1.40 bits per heavy atom. The molecule has 1 atom stereocenters. The second-order valence-corrected chi connectivity index (χ2v) is 7.93. The fourth-order valence-corrected chi connectivity index (χ4v) is 4.31. The largest absolute Gasteiger partial charge is 0.383 e. The molecule has 4 heteroatoms. The van der Waals surface area contributed by atoms with Crippen LogP contribution >= 0.6 is 11.3 Å². The van der Waals surface area contributed by atoms with Gasteiger partial charge in [0.1, 0.15) is 5.01 Å². The van der Waals surface area contributed by atoms with Crippen LogP contribution < -0.4 is 5.32 Å². The molecule has 1 unspecified atom stereocenters. The molecule has 0 spiro atoms. The van der Waals surface area contributed by atoms with Gasteiger partial charge in [-0.25, -0.2) is 4.98 Å². The second-order valence-electron chi connectivity index (χ2n) is 7.07. The van der Waals surface area contributed by atoms with E-state index >= 15 is 0 Å². The molecule has 2 rings (SSSR count). The highest BCUT2D eigenvalue weighted by molar-refractivity contribution is 7.09. The maximum absolute atomic E-state index is 5.20. The van der Waals surface area contributed by atoms with E-state index < -0.39 is 0 Å². The zero-order valence-electron chi connectivity index (χ0n) is 13.5. The number of nitrogens with one attached hydrogen (secondary N) is 1. The van der Waals surface area contributed by atoms with Crippen molar-refractivity contribution in [3.63, 3.8) is 0 Å². The number of ether oxygens (including phenoxy) is 1. The summed E-state index contributed by atoms with van der Waals surface area (Å²) in [6.07, 6.45) is 3.59. The second kappa shape index (κ2) is 6.12. The van der Waals surface area contributed by atoms with Gasteiger partial charge in [0.2, 0.25) is 0 Å². The molecule has 1 aromatic rings. The van der Waals surface area contributed by atoms with E-state index in [0.29, 0.717) is 11.3 Å². The number of hydrogen-bond donors (Lipinski definition) is 1. The van der Waals surface area contributed by atoms with Gasteiger partial charge in [0, 0.05) is 19.0 Å². The van der Waals surface area contributed by atoms with Crippen molar-refractivity contribution < 1.29 is 4.74 Å². The van der Waals surface area contributed by atoms with E-state index in [2.05, 4.69) is 38.4 Å². The summed E-state index contributed by atoms with van der Waals surface area (Å²) in [5, 5.41) is 7.24. The molecule has 1 aliphatic carbocycles. The van der Waals surface area contributed by atoms with E-state index in [1.54, 1.807) is 7.11 Å². The zero-order chi connectivity index (χ0) is 14.8. The highest BCUT2D eigenvalue weighted by Crippen LogP contribution is 2.49. The molecule has 0 radical (unpaired) electrons. The van der Waals surface area contributed by atoms with Crippen LogP contribution in [0.1, 0.15) is 63.6 Å². The molecule has 114 valence electrons. The lowest BCUT2D eigenvalue weighted by Gasteiger charge is -2.30. The van der Waals surface area contributed by atoms with E-state index in [4.69, 9.17) is 9.72 Å². The molecule has 1 aliphatic rings. The van der Waals surface area contributed by atoms with Crippen LogP contribution in [0.4, 0.5) is 0 Å². The fraction of sp³-hybridized carbons (Fsp3) is 0.812. The average molecular weight is 296 g/mol. The molecule has 1 heterocycles. The van der Waals surface area contributed by atoms with E-state index in [9.17, 15) is 0 Å². The van der Waals surface area contributed by atoms with Crippen LogP contribution in [0.25, 0.3) is 0 Å². The lowest BCUT2D eigenvalue weighted by molar-refractivity contribution is 0.180. The predicted octanol–water partition coefficient (Wildman–Crippen LogP) is 3.91. The molecule has 1 aromatic heterocycles. The summed E-state index contributed by atoms with van der Waals surface area (Å²) < 4.78 is 5.20. The summed E-state index contributed by atoms with van der Waals surface area (Å²) in [4.78, 5) is 4.92. The number of methoxy groups -OCH3 is 1. The Morgan fingerprint density at radius 3 is 2.65 bits per heavy atom. The number of hydrogen-bond acceptors (Lipinski definition) is 4. The lowest BCUT2D eigenvalue weighted by Crippen LogP contribution is -2.42. The van der Waals surface area contributed by atoms with E-state index in [1.165, 1.54) is 23.5 Å². The molecular weight excluding hydrogens is 268 g/mol. The average Bonchev–Trinajstić information content (AvgIpc) is 2.95. The third kappa shape index (κ3) is 3.41. The van der Waals surface area contributed by atoms with Crippen molar-refractivity contribution in [1.29, 1.82) is 0 Å². The third-order valence-electron chi connectivity index (χ3n) is 4.30. The Morgan fingerprint density at radius 2 is 2.15 bits per heavy atom. The van der Waals surface area contributed by atoms with Crippen LogP contribution in [0.3, 0.4) is 0 Å². The summed E-state index contributed by atoms with van der Waals surface area (Å²) in [5.74, 6) is 0.505. The van der Waals surface area contributed by atoms with Crippen molar-refractivity contribution in [1.82, 2.24) is 10.3 Å². The van der Waals surface area contributed by atoms with E-state index in [1.807, 2.05) is 11.3 Å². The van der Waals surface area contributed by atoms with Crippen LogP contribution in [0, 0.1) is 5.41 Å². The van der Waals surface area contributed by atoms with Crippen molar-refractivity contribution in [2.24, 2.45) is 5.41 Å². The molecule has 1 fully saturated rings. The summed E-state index contributed by atoms with van der Waals surface area (Å²) in [5.41, 5.74) is 1.67. The van der Waals surface area contributed by atoms with Crippen molar-refractivity contribution in [2.45, 2.75) is 58.4 Å². The van der Waals surface area contributed by atoms with Gasteiger partial charge in [0.05, 0.1) is 17.8 Å². The maximum atomic E-state index is 5.20. The highest BCUT2D eigenvalue weighted by atomic mass is 32.1. The van der Waals surface area contributed by atoms with Crippen LogP contribution in [0.15, 0.2) is 5.38 Å². The van der Waals surface area contributed by atoms with Crippen molar-refractivity contribution in [3.8, 4) is 0 Å². The zero-order valence-corrected chi connectivity index (χ0v) is 14.3. The summed E-state index contributed by atoms with van der Waals surface area (Å²) in [6, 6.07) is 0. The van der Waals surface area contributed by atoms with Crippen LogP contribution in [0.2, 0.25) is 0 Å².